The van der Waals surface area contributed by atoms with Crippen LogP contribution in [0.5, 0.6) is 0 Å². The van der Waals surface area contributed by atoms with Gasteiger partial charge in [-0.1, -0.05) is 12.1 Å². The Hall–Kier alpha value is -2.81. The fourth-order valence-electron chi connectivity index (χ4n) is 3.00. The molecule has 0 aliphatic carbocycles. The third-order valence-corrected chi connectivity index (χ3v) is 9.23. The van der Waals surface area contributed by atoms with Gasteiger partial charge in [0.15, 0.2) is 5.13 Å². The number of carbonyl (C=O) groups excluding carboxylic acids is 1. The van der Waals surface area contributed by atoms with Crippen LogP contribution in [0.25, 0.3) is 10.2 Å². The van der Waals surface area contributed by atoms with Crippen LogP contribution >= 0.6 is 29.8 Å². The number of carbonyl (C=O) groups is 1. The summed E-state index contributed by atoms with van der Waals surface area (Å²) in [4.78, 5) is 26.2. The van der Waals surface area contributed by atoms with Gasteiger partial charge in [0, 0.05) is 29.7 Å². The number of thiazole rings is 1. The zero-order valence-corrected chi connectivity index (χ0v) is 20.4. The summed E-state index contributed by atoms with van der Waals surface area (Å²) in [6.45, 7) is 6.13. The molecule has 2 amide bonds. The number of benzene rings is 1. The van der Waals surface area contributed by atoms with Gasteiger partial charge in [-0.2, -0.15) is 0 Å². The summed E-state index contributed by atoms with van der Waals surface area (Å²) >= 11 is 2.91. The van der Waals surface area contributed by atoms with E-state index < -0.39 is 7.14 Å². The molecule has 0 unspecified atom stereocenters. The highest BCUT2D eigenvalue weighted by atomic mass is 32.1. The molecule has 166 valence electrons. The normalized spacial score (nSPS) is 11.5. The molecule has 0 saturated carbocycles. The first kappa shape index (κ1) is 22.4. The Balaban J connectivity index is 1.33. The van der Waals surface area contributed by atoms with Crippen LogP contribution in [0.15, 0.2) is 42.9 Å². The fraction of sp³-hybridized carbons (Fsp3) is 0.238. The molecule has 3 heterocycles. The monoisotopic (exact) mass is 486 g/mol. The Labute approximate surface area is 193 Å². The minimum atomic E-state index is -2.34. The Morgan fingerprint density at radius 3 is 2.72 bits per heavy atom. The van der Waals surface area contributed by atoms with Gasteiger partial charge in [0.25, 0.3) is 0 Å². The molecule has 0 bridgehead atoms. The fourth-order valence-corrected chi connectivity index (χ4v) is 6.21. The molecule has 3 aromatic heterocycles. The number of aromatic nitrogens is 3. The van der Waals surface area contributed by atoms with E-state index in [0.29, 0.717) is 11.7 Å². The quantitative estimate of drug-likeness (QED) is 0.317. The van der Waals surface area contributed by atoms with Crippen molar-refractivity contribution in [3.8, 4) is 0 Å². The van der Waals surface area contributed by atoms with E-state index in [9.17, 15) is 9.36 Å². The van der Waals surface area contributed by atoms with E-state index >= 15 is 0 Å². The summed E-state index contributed by atoms with van der Waals surface area (Å²) in [6.07, 6.45) is 4.00. The summed E-state index contributed by atoms with van der Waals surface area (Å²) in [5.74, 6) is 0.736. The lowest BCUT2D eigenvalue weighted by molar-refractivity contribution is 0.262. The lowest BCUT2D eigenvalue weighted by Crippen LogP contribution is -2.19. The molecule has 4 aromatic rings. The number of rotatable bonds is 7. The number of fused-ring (bicyclic) bond motifs is 1. The molecule has 8 nitrogen and oxygen atoms in total. The molecule has 0 radical (unpaired) electrons. The molecule has 0 fully saturated rings. The van der Waals surface area contributed by atoms with Crippen LogP contribution in [0.2, 0.25) is 0 Å². The van der Waals surface area contributed by atoms with Crippen LogP contribution in [-0.2, 0) is 11.0 Å². The second kappa shape index (κ2) is 9.36. The molecule has 0 aliphatic rings. The minimum absolute atomic E-state index is 0.323. The van der Waals surface area contributed by atoms with E-state index in [0.717, 1.165) is 43.2 Å². The maximum absolute atomic E-state index is 12.4. The highest BCUT2D eigenvalue weighted by molar-refractivity contribution is 7.76. The van der Waals surface area contributed by atoms with Crippen LogP contribution in [0, 0.1) is 6.92 Å². The van der Waals surface area contributed by atoms with Gasteiger partial charge in [-0.05, 0) is 44.0 Å². The smallest absolute Gasteiger partial charge is 0.325 e. The predicted octanol–water partition coefficient (Wildman–Crippen LogP) is 5.00. The minimum Gasteiger partial charge on any atom is -0.368 e. The van der Waals surface area contributed by atoms with Crippen molar-refractivity contribution in [3.05, 3.63) is 53.3 Å². The number of nitrogens with one attached hydrogen (secondary N) is 3. The number of nitrogens with zero attached hydrogens (tertiary/aromatic N) is 3. The molecule has 0 spiro atoms. The van der Waals surface area contributed by atoms with Crippen molar-refractivity contribution < 1.29 is 9.36 Å². The van der Waals surface area contributed by atoms with Crippen molar-refractivity contribution in [1.82, 2.24) is 15.0 Å². The lowest BCUT2D eigenvalue weighted by Gasteiger charge is -2.06. The zero-order valence-electron chi connectivity index (χ0n) is 17.9. The summed E-state index contributed by atoms with van der Waals surface area (Å²) < 4.78 is 14.1. The molecule has 1 aromatic carbocycles. The largest absolute Gasteiger partial charge is 0.368 e. The van der Waals surface area contributed by atoms with Gasteiger partial charge < -0.3 is 15.2 Å². The maximum Gasteiger partial charge on any atom is 0.325 e. The second-order valence-corrected chi connectivity index (χ2v) is 13.3. The first-order valence-corrected chi connectivity index (χ1v) is 14.1. The standard InChI is InChI=1S/C21H23N6O2PS2/c1-13-5-4-6-14(9-13)26-20(28)27-21-23-11-15(31-21)7-8-22-19-18-16(24-12-25-19)10-17(32-18)30(2,3)29/h4-6,9-12H,7-8H2,1-3H3,(H,22,24,25)(H2,23,26,27,28). The maximum atomic E-state index is 12.4. The number of aryl methyl sites for hydroxylation is 1. The topological polar surface area (TPSA) is 109 Å². The third-order valence-electron chi connectivity index (χ3n) is 4.54. The average Bonchev–Trinajstić information content (AvgIpc) is 3.35. The van der Waals surface area contributed by atoms with Crippen LogP contribution in [0.3, 0.4) is 0 Å². The Kier molecular flexibility index (Phi) is 6.55. The summed E-state index contributed by atoms with van der Waals surface area (Å²) in [6, 6.07) is 9.17. The van der Waals surface area contributed by atoms with E-state index in [-0.39, 0.29) is 6.03 Å². The zero-order chi connectivity index (χ0) is 22.7. The molecule has 32 heavy (non-hydrogen) atoms. The number of thiophene rings is 1. The summed E-state index contributed by atoms with van der Waals surface area (Å²) in [5, 5.41) is 9.46. The van der Waals surface area contributed by atoms with E-state index in [4.69, 9.17) is 0 Å². The van der Waals surface area contributed by atoms with Gasteiger partial charge in [-0.3, -0.25) is 5.32 Å². The van der Waals surface area contributed by atoms with Gasteiger partial charge in [0.2, 0.25) is 0 Å². The van der Waals surface area contributed by atoms with Gasteiger partial charge in [-0.25, -0.2) is 19.7 Å². The van der Waals surface area contributed by atoms with Gasteiger partial charge in [0.05, 0.1) is 14.8 Å². The molecule has 3 N–H and O–H groups in total. The average molecular weight is 487 g/mol. The SMILES string of the molecule is Cc1cccc(NC(=O)Nc2ncc(CCNc3ncnc4cc(P(C)(C)=O)sc34)s2)c1. The predicted molar refractivity (Wildman–Crippen MR) is 135 cm³/mol. The number of hydrogen-bond acceptors (Lipinski definition) is 8. The molecule has 4 rings (SSSR count). The molecule has 11 heteroatoms. The van der Waals surface area contributed by atoms with Gasteiger partial charge in [-0.15, -0.1) is 22.7 Å². The highest BCUT2D eigenvalue weighted by Crippen LogP contribution is 2.40. The second-order valence-electron chi connectivity index (χ2n) is 7.63. The number of urea groups is 1. The molecular formula is C21H23N6O2PS2. The first-order valence-electron chi connectivity index (χ1n) is 9.91. The molecule has 0 atom stereocenters. The Morgan fingerprint density at radius 1 is 1.09 bits per heavy atom. The number of amides is 2. The number of hydrogen-bond donors (Lipinski definition) is 3. The van der Waals surface area contributed by atoms with Crippen molar-refractivity contribution >= 4 is 67.3 Å². The van der Waals surface area contributed by atoms with Crippen LogP contribution in [0.4, 0.5) is 21.4 Å². The lowest BCUT2D eigenvalue weighted by atomic mass is 10.2. The summed E-state index contributed by atoms with van der Waals surface area (Å²) in [5.41, 5.74) is 2.61. The van der Waals surface area contributed by atoms with E-state index in [2.05, 4.69) is 30.9 Å². The van der Waals surface area contributed by atoms with Crippen molar-refractivity contribution in [2.24, 2.45) is 0 Å². The van der Waals surface area contributed by atoms with Crippen molar-refractivity contribution in [3.63, 3.8) is 0 Å². The van der Waals surface area contributed by atoms with Crippen LogP contribution in [0.1, 0.15) is 10.4 Å². The van der Waals surface area contributed by atoms with Crippen molar-refractivity contribution in [1.29, 1.82) is 0 Å². The van der Waals surface area contributed by atoms with E-state index in [1.807, 2.05) is 37.3 Å². The van der Waals surface area contributed by atoms with Crippen molar-refractivity contribution in [2.75, 3.05) is 35.8 Å². The van der Waals surface area contributed by atoms with Gasteiger partial charge in [0.1, 0.15) is 19.3 Å². The Bertz CT molecular complexity index is 1310. The van der Waals surface area contributed by atoms with E-state index in [1.165, 1.54) is 29.0 Å². The Morgan fingerprint density at radius 2 is 1.94 bits per heavy atom. The summed E-state index contributed by atoms with van der Waals surface area (Å²) in [7, 11) is -2.34. The van der Waals surface area contributed by atoms with Crippen LogP contribution in [-0.4, -0.2) is 40.9 Å². The van der Waals surface area contributed by atoms with E-state index in [1.54, 1.807) is 19.5 Å². The molecular weight excluding hydrogens is 463 g/mol. The number of anilines is 3. The highest BCUT2D eigenvalue weighted by Gasteiger charge is 2.17. The molecule has 0 saturated heterocycles. The first-order chi connectivity index (χ1) is 15.3. The molecule has 0 aliphatic heterocycles. The van der Waals surface area contributed by atoms with Gasteiger partial charge >= 0.3 is 6.03 Å². The third kappa shape index (κ3) is 5.51. The van der Waals surface area contributed by atoms with Crippen molar-refractivity contribution in [2.45, 2.75) is 13.3 Å². The van der Waals surface area contributed by atoms with Crippen LogP contribution < -0.4 is 20.6 Å².